The highest BCUT2D eigenvalue weighted by atomic mass is 79.9. The van der Waals surface area contributed by atoms with Gasteiger partial charge in [0.15, 0.2) is 0 Å². The van der Waals surface area contributed by atoms with E-state index < -0.39 is 17.7 Å². The standard InChI is InChI=1S/C14H10Br2F2O/c15-9-5-4-8(12(18)7-9)6-13(19)10-2-1-3-11(17)14(10)16/h1-5,7,13,19H,6H2. The Kier molecular flexibility index (Phi) is 4.71. The lowest BCUT2D eigenvalue weighted by Crippen LogP contribution is -2.05. The van der Waals surface area contributed by atoms with Gasteiger partial charge in [-0.15, -0.1) is 0 Å². The van der Waals surface area contributed by atoms with Crippen molar-refractivity contribution < 1.29 is 13.9 Å². The van der Waals surface area contributed by atoms with Crippen LogP contribution in [0.4, 0.5) is 8.78 Å². The Morgan fingerprint density at radius 2 is 1.79 bits per heavy atom. The van der Waals surface area contributed by atoms with Crippen LogP contribution in [0.2, 0.25) is 0 Å². The van der Waals surface area contributed by atoms with Crippen LogP contribution < -0.4 is 0 Å². The number of benzene rings is 2. The van der Waals surface area contributed by atoms with Crippen LogP contribution in [-0.4, -0.2) is 5.11 Å². The summed E-state index contributed by atoms with van der Waals surface area (Å²) in [5.41, 5.74) is 0.786. The van der Waals surface area contributed by atoms with E-state index in [4.69, 9.17) is 0 Å². The lowest BCUT2D eigenvalue weighted by molar-refractivity contribution is 0.176. The second kappa shape index (κ2) is 6.11. The molecule has 19 heavy (non-hydrogen) atoms. The molecule has 0 aliphatic rings. The average molecular weight is 392 g/mol. The van der Waals surface area contributed by atoms with E-state index in [1.54, 1.807) is 18.2 Å². The summed E-state index contributed by atoms with van der Waals surface area (Å²) in [5, 5.41) is 10.1. The van der Waals surface area contributed by atoms with Gasteiger partial charge in [0.25, 0.3) is 0 Å². The summed E-state index contributed by atoms with van der Waals surface area (Å²) in [6.45, 7) is 0. The van der Waals surface area contributed by atoms with Crippen molar-refractivity contribution in [3.63, 3.8) is 0 Å². The molecule has 1 unspecified atom stereocenters. The highest BCUT2D eigenvalue weighted by Gasteiger charge is 2.16. The molecule has 0 saturated heterocycles. The quantitative estimate of drug-likeness (QED) is 0.799. The maximum absolute atomic E-state index is 13.7. The van der Waals surface area contributed by atoms with Gasteiger partial charge in [-0.25, -0.2) is 8.78 Å². The number of halogens is 4. The molecule has 0 amide bonds. The SMILES string of the molecule is OC(Cc1ccc(Br)cc1F)c1cccc(F)c1Br. The van der Waals surface area contributed by atoms with Crippen molar-refractivity contribution in [2.24, 2.45) is 0 Å². The van der Waals surface area contributed by atoms with Gasteiger partial charge in [0.2, 0.25) is 0 Å². The first-order valence-corrected chi connectivity index (χ1v) is 7.13. The first-order valence-electron chi connectivity index (χ1n) is 5.55. The van der Waals surface area contributed by atoms with Gasteiger partial charge in [-0.05, 0) is 45.3 Å². The van der Waals surface area contributed by atoms with E-state index >= 15 is 0 Å². The molecular weight excluding hydrogens is 382 g/mol. The van der Waals surface area contributed by atoms with Gasteiger partial charge in [-0.2, -0.15) is 0 Å². The summed E-state index contributed by atoms with van der Waals surface area (Å²) in [4.78, 5) is 0. The van der Waals surface area contributed by atoms with Gasteiger partial charge in [-0.3, -0.25) is 0 Å². The van der Waals surface area contributed by atoms with Crippen molar-refractivity contribution in [3.05, 3.63) is 68.1 Å². The van der Waals surface area contributed by atoms with Gasteiger partial charge in [0.1, 0.15) is 11.6 Å². The molecule has 0 saturated carbocycles. The van der Waals surface area contributed by atoms with Crippen LogP contribution in [0, 0.1) is 11.6 Å². The molecule has 0 aromatic heterocycles. The fraction of sp³-hybridized carbons (Fsp3) is 0.143. The Hall–Kier alpha value is -0.780. The largest absolute Gasteiger partial charge is 0.388 e. The van der Waals surface area contributed by atoms with Gasteiger partial charge in [-0.1, -0.05) is 34.1 Å². The molecule has 2 aromatic rings. The molecule has 1 N–H and O–H groups in total. The zero-order chi connectivity index (χ0) is 14.0. The number of hydrogen-bond acceptors (Lipinski definition) is 1. The van der Waals surface area contributed by atoms with E-state index in [1.807, 2.05) is 0 Å². The van der Waals surface area contributed by atoms with Crippen LogP contribution in [0.15, 0.2) is 45.3 Å². The van der Waals surface area contributed by atoms with Crippen LogP contribution in [0.25, 0.3) is 0 Å². The van der Waals surface area contributed by atoms with E-state index in [0.29, 0.717) is 15.6 Å². The van der Waals surface area contributed by atoms with Gasteiger partial charge < -0.3 is 5.11 Å². The van der Waals surface area contributed by atoms with Gasteiger partial charge in [0.05, 0.1) is 10.6 Å². The maximum Gasteiger partial charge on any atom is 0.137 e. The molecule has 0 fully saturated rings. The normalized spacial score (nSPS) is 12.5. The minimum atomic E-state index is -0.972. The first-order chi connectivity index (χ1) is 8.99. The predicted octanol–water partition coefficient (Wildman–Crippen LogP) is 4.77. The third-order valence-electron chi connectivity index (χ3n) is 2.77. The maximum atomic E-state index is 13.7. The lowest BCUT2D eigenvalue weighted by Gasteiger charge is -2.14. The minimum Gasteiger partial charge on any atom is -0.388 e. The van der Waals surface area contributed by atoms with Crippen molar-refractivity contribution >= 4 is 31.9 Å². The molecule has 0 spiro atoms. The van der Waals surface area contributed by atoms with Crippen LogP contribution in [0.3, 0.4) is 0 Å². The Morgan fingerprint density at radius 3 is 2.47 bits per heavy atom. The topological polar surface area (TPSA) is 20.2 Å². The highest BCUT2D eigenvalue weighted by molar-refractivity contribution is 9.10. The Bertz CT molecular complexity index is 602. The number of rotatable bonds is 3. The van der Waals surface area contributed by atoms with Crippen LogP contribution in [0.1, 0.15) is 17.2 Å². The second-order valence-corrected chi connectivity index (χ2v) is 5.81. The Morgan fingerprint density at radius 1 is 1.05 bits per heavy atom. The third kappa shape index (κ3) is 3.41. The minimum absolute atomic E-state index is 0.0845. The predicted molar refractivity (Wildman–Crippen MR) is 76.9 cm³/mol. The van der Waals surface area contributed by atoms with Crippen molar-refractivity contribution in [3.8, 4) is 0 Å². The molecule has 1 atom stereocenters. The Balaban J connectivity index is 2.25. The summed E-state index contributed by atoms with van der Waals surface area (Å²) in [6, 6.07) is 9.04. The summed E-state index contributed by atoms with van der Waals surface area (Å²) in [6.07, 6.45) is -0.887. The summed E-state index contributed by atoms with van der Waals surface area (Å²) < 4.78 is 27.9. The number of aliphatic hydroxyl groups excluding tert-OH is 1. The Labute approximate surface area is 126 Å². The van der Waals surface area contributed by atoms with Gasteiger partial charge >= 0.3 is 0 Å². The summed E-state index contributed by atoms with van der Waals surface area (Å²) in [5.74, 6) is -0.853. The van der Waals surface area contributed by atoms with Crippen LogP contribution >= 0.6 is 31.9 Å². The molecular formula is C14H10Br2F2O. The average Bonchev–Trinajstić information content (AvgIpc) is 2.36. The highest BCUT2D eigenvalue weighted by Crippen LogP contribution is 2.29. The summed E-state index contributed by atoms with van der Waals surface area (Å²) >= 11 is 6.26. The lowest BCUT2D eigenvalue weighted by atomic mass is 10.0. The van der Waals surface area contributed by atoms with E-state index in [2.05, 4.69) is 31.9 Å². The molecule has 100 valence electrons. The van der Waals surface area contributed by atoms with Crippen molar-refractivity contribution in [1.29, 1.82) is 0 Å². The number of hydrogen-bond donors (Lipinski definition) is 1. The monoisotopic (exact) mass is 390 g/mol. The zero-order valence-electron chi connectivity index (χ0n) is 9.71. The molecule has 0 aliphatic heterocycles. The smallest absolute Gasteiger partial charge is 0.137 e. The van der Waals surface area contributed by atoms with E-state index in [-0.39, 0.29) is 10.9 Å². The van der Waals surface area contributed by atoms with Gasteiger partial charge in [0, 0.05) is 10.9 Å². The number of aliphatic hydroxyl groups is 1. The van der Waals surface area contributed by atoms with Crippen molar-refractivity contribution in [1.82, 2.24) is 0 Å². The first kappa shape index (κ1) is 14.6. The van der Waals surface area contributed by atoms with E-state index in [1.165, 1.54) is 18.2 Å². The second-order valence-electron chi connectivity index (χ2n) is 4.10. The van der Waals surface area contributed by atoms with E-state index in [0.717, 1.165) is 0 Å². The summed E-state index contributed by atoms with van der Waals surface area (Å²) in [7, 11) is 0. The van der Waals surface area contributed by atoms with Crippen LogP contribution in [0.5, 0.6) is 0 Å². The zero-order valence-corrected chi connectivity index (χ0v) is 12.9. The third-order valence-corrected chi connectivity index (χ3v) is 4.10. The van der Waals surface area contributed by atoms with Crippen molar-refractivity contribution in [2.75, 3.05) is 0 Å². The molecule has 0 aliphatic carbocycles. The van der Waals surface area contributed by atoms with Crippen molar-refractivity contribution in [2.45, 2.75) is 12.5 Å². The molecule has 2 aromatic carbocycles. The fourth-order valence-corrected chi connectivity index (χ4v) is 2.65. The fourth-order valence-electron chi connectivity index (χ4n) is 1.78. The molecule has 1 nitrogen and oxygen atoms in total. The molecule has 0 heterocycles. The van der Waals surface area contributed by atoms with Crippen LogP contribution in [-0.2, 0) is 6.42 Å². The van der Waals surface area contributed by atoms with E-state index in [9.17, 15) is 13.9 Å². The molecule has 2 rings (SSSR count). The molecule has 0 radical (unpaired) electrons. The molecule has 0 bridgehead atoms. The molecule has 5 heteroatoms.